The molecule has 2 aromatic rings. The van der Waals surface area contributed by atoms with Gasteiger partial charge < -0.3 is 10.1 Å². The summed E-state index contributed by atoms with van der Waals surface area (Å²) in [5, 5.41) is 2.95. The number of rotatable bonds is 6. The van der Waals surface area contributed by atoms with Gasteiger partial charge in [-0.25, -0.2) is 4.39 Å². The van der Waals surface area contributed by atoms with Crippen LogP contribution in [0.1, 0.15) is 24.4 Å². The Labute approximate surface area is 147 Å². The maximum absolute atomic E-state index is 12.9. The third-order valence-electron chi connectivity index (χ3n) is 4.40. The third kappa shape index (κ3) is 5.03. The molecule has 25 heavy (non-hydrogen) atoms. The second-order valence-electron chi connectivity index (χ2n) is 6.17. The summed E-state index contributed by atoms with van der Waals surface area (Å²) in [5.74, 6) is 0.507. The molecule has 0 aliphatic carbocycles. The van der Waals surface area contributed by atoms with E-state index in [2.05, 4.69) is 22.3 Å². The van der Waals surface area contributed by atoms with E-state index in [4.69, 9.17) is 4.74 Å². The van der Waals surface area contributed by atoms with Crippen LogP contribution in [0.5, 0.6) is 5.75 Å². The van der Waals surface area contributed by atoms with Gasteiger partial charge >= 0.3 is 0 Å². The summed E-state index contributed by atoms with van der Waals surface area (Å²) in [6, 6.07) is 16.3. The van der Waals surface area contributed by atoms with Crippen LogP contribution in [0, 0.1) is 5.82 Å². The SMILES string of the molecule is O=C1C[C@H](c2ccccc2)N(CCCOc2ccc(F)cc2)CCN1. The summed E-state index contributed by atoms with van der Waals surface area (Å²) in [6.45, 7) is 2.89. The Bertz CT molecular complexity index is 676. The lowest BCUT2D eigenvalue weighted by Gasteiger charge is -2.29. The molecule has 5 heteroatoms. The largest absolute Gasteiger partial charge is 0.494 e. The minimum Gasteiger partial charge on any atom is -0.494 e. The van der Waals surface area contributed by atoms with Crippen LogP contribution in [0.2, 0.25) is 0 Å². The molecule has 1 aliphatic heterocycles. The van der Waals surface area contributed by atoms with Crippen molar-refractivity contribution >= 4 is 5.91 Å². The van der Waals surface area contributed by atoms with E-state index in [1.165, 1.54) is 17.7 Å². The fourth-order valence-electron chi connectivity index (χ4n) is 3.13. The molecule has 1 atom stereocenters. The lowest BCUT2D eigenvalue weighted by atomic mass is 10.0. The van der Waals surface area contributed by atoms with Gasteiger partial charge in [0.15, 0.2) is 0 Å². The Morgan fingerprint density at radius 1 is 1.12 bits per heavy atom. The standard InChI is InChI=1S/C20H23FN2O2/c21-17-7-9-18(10-8-17)25-14-4-12-23-13-11-22-20(24)15-19(23)16-5-2-1-3-6-16/h1-3,5-10,19H,4,11-15H2,(H,22,24)/t19-/m1/s1. The smallest absolute Gasteiger partial charge is 0.221 e. The zero-order chi connectivity index (χ0) is 17.5. The highest BCUT2D eigenvalue weighted by molar-refractivity contribution is 5.77. The van der Waals surface area contributed by atoms with Crippen LogP contribution in [-0.2, 0) is 4.79 Å². The number of ether oxygens (including phenoxy) is 1. The van der Waals surface area contributed by atoms with Gasteiger partial charge in [0.2, 0.25) is 5.91 Å². The van der Waals surface area contributed by atoms with E-state index in [1.54, 1.807) is 12.1 Å². The molecule has 1 heterocycles. The number of hydrogen-bond acceptors (Lipinski definition) is 3. The summed E-state index contributed by atoms with van der Waals surface area (Å²) in [7, 11) is 0. The molecule has 4 nitrogen and oxygen atoms in total. The van der Waals surface area contributed by atoms with Crippen LogP contribution in [-0.4, -0.2) is 37.0 Å². The molecule has 1 N–H and O–H groups in total. The molecule has 1 fully saturated rings. The molecule has 2 aromatic carbocycles. The van der Waals surface area contributed by atoms with E-state index < -0.39 is 0 Å². The highest BCUT2D eigenvalue weighted by Gasteiger charge is 2.25. The molecule has 1 amide bonds. The maximum Gasteiger partial charge on any atom is 0.221 e. The minimum absolute atomic E-state index is 0.0921. The van der Waals surface area contributed by atoms with Crippen molar-refractivity contribution in [3.8, 4) is 5.75 Å². The average molecular weight is 342 g/mol. The van der Waals surface area contributed by atoms with Crippen molar-refractivity contribution in [1.29, 1.82) is 0 Å². The first-order chi connectivity index (χ1) is 12.2. The molecule has 1 saturated heterocycles. The quantitative estimate of drug-likeness (QED) is 0.820. The number of halogens is 1. The van der Waals surface area contributed by atoms with Crippen LogP contribution < -0.4 is 10.1 Å². The number of hydrogen-bond donors (Lipinski definition) is 1. The van der Waals surface area contributed by atoms with Gasteiger partial charge in [-0.1, -0.05) is 30.3 Å². The predicted molar refractivity (Wildman–Crippen MR) is 94.9 cm³/mol. The van der Waals surface area contributed by atoms with Gasteiger partial charge in [-0.2, -0.15) is 0 Å². The van der Waals surface area contributed by atoms with E-state index >= 15 is 0 Å². The Kier molecular flexibility index (Phi) is 6.01. The summed E-state index contributed by atoms with van der Waals surface area (Å²) in [5.41, 5.74) is 1.17. The first-order valence-corrected chi connectivity index (χ1v) is 8.66. The second-order valence-corrected chi connectivity index (χ2v) is 6.17. The van der Waals surface area contributed by atoms with Gasteiger partial charge in [0.1, 0.15) is 11.6 Å². The summed E-state index contributed by atoms with van der Waals surface area (Å²) in [4.78, 5) is 14.3. The summed E-state index contributed by atoms with van der Waals surface area (Å²) in [6.07, 6.45) is 1.32. The van der Waals surface area contributed by atoms with E-state index in [9.17, 15) is 9.18 Å². The van der Waals surface area contributed by atoms with E-state index in [0.717, 1.165) is 19.5 Å². The molecule has 0 bridgehead atoms. The van der Waals surface area contributed by atoms with Crippen molar-refractivity contribution in [3.63, 3.8) is 0 Å². The van der Waals surface area contributed by atoms with Crippen molar-refractivity contribution in [2.75, 3.05) is 26.2 Å². The maximum atomic E-state index is 12.9. The number of benzene rings is 2. The van der Waals surface area contributed by atoms with Crippen LogP contribution in [0.15, 0.2) is 54.6 Å². The molecule has 132 valence electrons. The van der Waals surface area contributed by atoms with Gasteiger partial charge in [0, 0.05) is 32.1 Å². The molecule has 3 rings (SSSR count). The van der Waals surface area contributed by atoms with Crippen molar-refractivity contribution in [2.24, 2.45) is 0 Å². The van der Waals surface area contributed by atoms with Crippen molar-refractivity contribution in [2.45, 2.75) is 18.9 Å². The molecule has 0 aromatic heterocycles. The number of carbonyl (C=O) groups excluding carboxylic acids is 1. The van der Waals surface area contributed by atoms with Gasteiger partial charge in [0.05, 0.1) is 6.61 Å². The Hall–Kier alpha value is -2.40. The number of nitrogens with zero attached hydrogens (tertiary/aromatic N) is 1. The average Bonchev–Trinajstić information content (AvgIpc) is 2.82. The fraction of sp³-hybridized carbons (Fsp3) is 0.350. The molecule has 0 spiro atoms. The third-order valence-corrected chi connectivity index (χ3v) is 4.40. The van der Waals surface area contributed by atoms with Crippen LogP contribution >= 0.6 is 0 Å². The number of nitrogens with one attached hydrogen (secondary N) is 1. The predicted octanol–water partition coefficient (Wildman–Crippen LogP) is 3.16. The Balaban J connectivity index is 1.56. The first-order valence-electron chi connectivity index (χ1n) is 8.66. The van der Waals surface area contributed by atoms with Gasteiger partial charge in [-0.15, -0.1) is 0 Å². The Morgan fingerprint density at radius 2 is 1.88 bits per heavy atom. The monoisotopic (exact) mass is 342 g/mol. The highest BCUT2D eigenvalue weighted by Crippen LogP contribution is 2.25. The van der Waals surface area contributed by atoms with Crippen molar-refractivity contribution < 1.29 is 13.9 Å². The zero-order valence-electron chi connectivity index (χ0n) is 14.2. The van der Waals surface area contributed by atoms with Crippen LogP contribution in [0.3, 0.4) is 0 Å². The first kappa shape index (κ1) is 17.4. The summed E-state index contributed by atoms with van der Waals surface area (Å²) < 4.78 is 18.6. The fourth-order valence-corrected chi connectivity index (χ4v) is 3.13. The minimum atomic E-state index is -0.264. The zero-order valence-corrected chi connectivity index (χ0v) is 14.2. The van der Waals surface area contributed by atoms with Crippen LogP contribution in [0.25, 0.3) is 0 Å². The normalized spacial score (nSPS) is 18.4. The molecule has 1 aliphatic rings. The number of amides is 1. The summed E-state index contributed by atoms with van der Waals surface area (Å²) >= 11 is 0. The lowest BCUT2D eigenvalue weighted by molar-refractivity contribution is -0.121. The van der Waals surface area contributed by atoms with Gasteiger partial charge in [-0.3, -0.25) is 9.69 Å². The Morgan fingerprint density at radius 3 is 2.64 bits per heavy atom. The second kappa shape index (κ2) is 8.62. The lowest BCUT2D eigenvalue weighted by Crippen LogP contribution is -2.32. The molecule has 0 unspecified atom stereocenters. The van der Waals surface area contributed by atoms with Crippen molar-refractivity contribution in [3.05, 3.63) is 66.0 Å². The molecule has 0 radical (unpaired) electrons. The van der Waals surface area contributed by atoms with E-state index in [1.807, 2.05) is 18.2 Å². The van der Waals surface area contributed by atoms with Gasteiger partial charge in [0.25, 0.3) is 0 Å². The van der Waals surface area contributed by atoms with Crippen molar-refractivity contribution in [1.82, 2.24) is 10.2 Å². The molecular formula is C20H23FN2O2. The van der Waals surface area contributed by atoms with E-state index in [0.29, 0.717) is 25.3 Å². The number of carbonyl (C=O) groups is 1. The van der Waals surface area contributed by atoms with Gasteiger partial charge in [-0.05, 0) is 36.2 Å². The van der Waals surface area contributed by atoms with E-state index in [-0.39, 0.29) is 17.8 Å². The topological polar surface area (TPSA) is 41.6 Å². The molecule has 0 saturated carbocycles. The van der Waals surface area contributed by atoms with Crippen LogP contribution in [0.4, 0.5) is 4.39 Å². The highest BCUT2D eigenvalue weighted by atomic mass is 19.1. The molecular weight excluding hydrogens is 319 g/mol.